The highest BCUT2D eigenvalue weighted by Gasteiger charge is 2.19. The van der Waals surface area contributed by atoms with Crippen LogP contribution in [0.4, 0.5) is 10.1 Å². The summed E-state index contributed by atoms with van der Waals surface area (Å²) >= 11 is 5.76. The summed E-state index contributed by atoms with van der Waals surface area (Å²) in [4.78, 5) is 11.9. The Labute approximate surface area is 157 Å². The number of anilines is 1. The summed E-state index contributed by atoms with van der Waals surface area (Å²) < 4.78 is 41.3. The van der Waals surface area contributed by atoms with Crippen molar-refractivity contribution in [3.63, 3.8) is 0 Å². The topological polar surface area (TPSA) is 75.3 Å². The van der Waals surface area contributed by atoms with E-state index in [0.29, 0.717) is 17.0 Å². The lowest BCUT2D eigenvalue weighted by atomic mass is 10.2. The van der Waals surface area contributed by atoms with Gasteiger partial charge in [-0.3, -0.25) is 4.79 Å². The van der Waals surface area contributed by atoms with E-state index < -0.39 is 21.7 Å². The molecular weight excluding hydrogens is 379 g/mol. The second-order valence-electron chi connectivity index (χ2n) is 5.91. The largest absolute Gasteiger partial charge is 0.319 e. The lowest BCUT2D eigenvalue weighted by molar-refractivity contribution is 0.102. The van der Waals surface area contributed by atoms with Gasteiger partial charge in [-0.05, 0) is 55.8 Å². The number of carbonyl (C=O) groups excluding carboxylic acids is 1. The Morgan fingerprint density at radius 2 is 1.85 bits per heavy atom. The lowest BCUT2D eigenvalue weighted by Crippen LogP contribution is -2.32. The molecule has 1 amide bonds. The van der Waals surface area contributed by atoms with Crippen molar-refractivity contribution in [3.8, 4) is 0 Å². The molecule has 2 rings (SSSR count). The van der Waals surface area contributed by atoms with E-state index in [4.69, 9.17) is 11.6 Å². The van der Waals surface area contributed by atoms with Gasteiger partial charge in [-0.15, -0.1) is 0 Å². The van der Waals surface area contributed by atoms with Crippen molar-refractivity contribution in [2.24, 2.45) is 0 Å². The third kappa shape index (κ3) is 5.27. The highest BCUT2D eigenvalue weighted by atomic mass is 35.5. The highest BCUT2D eigenvalue weighted by Crippen LogP contribution is 2.20. The molecule has 1 atom stereocenters. The first-order valence-electron chi connectivity index (χ1n) is 8.11. The van der Waals surface area contributed by atoms with Crippen molar-refractivity contribution >= 4 is 33.2 Å². The monoisotopic (exact) mass is 398 g/mol. The van der Waals surface area contributed by atoms with E-state index in [1.165, 1.54) is 24.3 Å². The zero-order chi connectivity index (χ0) is 19.3. The van der Waals surface area contributed by atoms with Crippen LogP contribution in [0.1, 0.15) is 37.0 Å². The van der Waals surface area contributed by atoms with Gasteiger partial charge in [-0.1, -0.05) is 24.9 Å². The van der Waals surface area contributed by atoms with E-state index in [9.17, 15) is 17.6 Å². The number of benzene rings is 2. The Balaban J connectivity index is 2.16. The summed E-state index contributed by atoms with van der Waals surface area (Å²) in [5.41, 5.74) is 0.200. The smallest absolute Gasteiger partial charge is 0.255 e. The summed E-state index contributed by atoms with van der Waals surface area (Å²) in [6.07, 6.45) is 1.50. The number of nitrogens with one attached hydrogen (secondary N) is 2. The Morgan fingerprint density at radius 1 is 1.19 bits per heavy atom. The maximum Gasteiger partial charge on any atom is 0.255 e. The average molecular weight is 399 g/mol. The molecule has 8 heteroatoms. The van der Waals surface area contributed by atoms with Gasteiger partial charge in [-0.25, -0.2) is 17.5 Å². The average Bonchev–Trinajstić information content (AvgIpc) is 2.56. The van der Waals surface area contributed by atoms with E-state index in [0.717, 1.165) is 12.5 Å². The molecule has 2 aromatic rings. The number of hydrogen-bond donors (Lipinski definition) is 2. The minimum Gasteiger partial charge on any atom is -0.319 e. The van der Waals surface area contributed by atoms with Gasteiger partial charge in [0.1, 0.15) is 5.82 Å². The summed E-state index contributed by atoms with van der Waals surface area (Å²) in [7, 11) is -3.82. The van der Waals surface area contributed by atoms with Crippen LogP contribution in [-0.2, 0) is 10.0 Å². The van der Waals surface area contributed by atoms with Crippen LogP contribution in [0.3, 0.4) is 0 Å². The second-order valence-corrected chi connectivity index (χ2v) is 8.06. The van der Waals surface area contributed by atoms with E-state index in [1.807, 2.05) is 6.92 Å². The molecule has 0 spiro atoms. The van der Waals surface area contributed by atoms with Crippen LogP contribution in [0.5, 0.6) is 0 Å². The quantitative estimate of drug-likeness (QED) is 0.734. The third-order valence-electron chi connectivity index (χ3n) is 3.68. The first-order valence-corrected chi connectivity index (χ1v) is 9.98. The molecule has 2 N–H and O–H groups in total. The second kappa shape index (κ2) is 8.62. The van der Waals surface area contributed by atoms with Crippen LogP contribution >= 0.6 is 11.6 Å². The van der Waals surface area contributed by atoms with Crippen molar-refractivity contribution in [1.29, 1.82) is 0 Å². The normalized spacial score (nSPS) is 12.6. The molecule has 0 radical (unpaired) electrons. The van der Waals surface area contributed by atoms with Crippen LogP contribution < -0.4 is 10.0 Å². The Kier molecular flexibility index (Phi) is 6.75. The predicted octanol–water partition coefficient (Wildman–Crippen LogP) is 4.20. The maximum absolute atomic E-state index is 14.3. The molecule has 5 nitrogen and oxygen atoms in total. The fraction of sp³-hybridized carbons (Fsp3) is 0.278. The van der Waals surface area contributed by atoms with Crippen molar-refractivity contribution in [3.05, 3.63) is 58.9 Å². The lowest BCUT2D eigenvalue weighted by Gasteiger charge is -2.14. The number of rotatable bonds is 7. The van der Waals surface area contributed by atoms with E-state index in [2.05, 4.69) is 10.0 Å². The molecule has 0 fully saturated rings. The number of carbonyl (C=O) groups is 1. The molecule has 0 aliphatic carbocycles. The molecule has 140 valence electrons. The Hall–Kier alpha value is -1.96. The minimum atomic E-state index is -3.82. The zero-order valence-electron chi connectivity index (χ0n) is 14.4. The molecular formula is C18H20ClFN2O3S. The van der Waals surface area contributed by atoms with Gasteiger partial charge < -0.3 is 5.32 Å². The molecule has 0 saturated heterocycles. The van der Waals surface area contributed by atoms with Crippen molar-refractivity contribution in [2.45, 2.75) is 37.6 Å². The van der Waals surface area contributed by atoms with E-state index in [-0.39, 0.29) is 16.6 Å². The van der Waals surface area contributed by atoms with Crippen molar-refractivity contribution in [2.75, 3.05) is 5.32 Å². The van der Waals surface area contributed by atoms with E-state index in [1.54, 1.807) is 19.1 Å². The molecule has 0 bridgehead atoms. The molecule has 0 heterocycles. The minimum absolute atomic E-state index is 0.106. The summed E-state index contributed by atoms with van der Waals surface area (Å²) in [5, 5.41) is 2.89. The first kappa shape index (κ1) is 20.4. The van der Waals surface area contributed by atoms with E-state index >= 15 is 0 Å². The molecule has 26 heavy (non-hydrogen) atoms. The van der Waals surface area contributed by atoms with Crippen LogP contribution in [0.2, 0.25) is 5.02 Å². The Morgan fingerprint density at radius 3 is 2.42 bits per heavy atom. The molecule has 0 saturated carbocycles. The third-order valence-corrected chi connectivity index (χ3v) is 5.52. The number of halogens is 2. The summed E-state index contributed by atoms with van der Waals surface area (Å²) in [6, 6.07) is 9.22. The van der Waals surface area contributed by atoms with Gasteiger partial charge in [-0.2, -0.15) is 0 Å². The zero-order valence-corrected chi connectivity index (χ0v) is 16.0. The number of hydrogen-bond acceptors (Lipinski definition) is 3. The van der Waals surface area contributed by atoms with Crippen LogP contribution in [0.25, 0.3) is 0 Å². The SMILES string of the molecule is CCC[C@H](C)NS(=O)(=O)c1ccc(NC(=O)c2ccc(Cl)cc2)c(F)c1. The molecule has 0 aliphatic rings. The Bertz CT molecular complexity index is 886. The van der Waals surface area contributed by atoms with Gasteiger partial charge in [0.25, 0.3) is 5.91 Å². The van der Waals surface area contributed by atoms with Crippen LogP contribution in [0.15, 0.2) is 47.4 Å². The van der Waals surface area contributed by atoms with Crippen LogP contribution in [-0.4, -0.2) is 20.4 Å². The fourth-order valence-corrected chi connectivity index (χ4v) is 3.80. The maximum atomic E-state index is 14.3. The standard InChI is InChI=1S/C18H20ClFN2O3S/c1-3-4-12(2)22-26(24,25)15-9-10-17(16(20)11-15)21-18(23)13-5-7-14(19)8-6-13/h5-12,22H,3-4H2,1-2H3,(H,21,23)/t12-/m0/s1. The van der Waals surface area contributed by atoms with Gasteiger partial charge in [0.05, 0.1) is 10.6 Å². The predicted molar refractivity (Wildman–Crippen MR) is 100 cm³/mol. The molecule has 0 aliphatic heterocycles. The van der Waals surface area contributed by atoms with Gasteiger partial charge in [0, 0.05) is 16.6 Å². The van der Waals surface area contributed by atoms with Crippen molar-refractivity contribution < 1.29 is 17.6 Å². The van der Waals surface area contributed by atoms with Gasteiger partial charge in [0.2, 0.25) is 10.0 Å². The molecule has 0 unspecified atom stereocenters. The first-order chi connectivity index (χ1) is 12.2. The van der Waals surface area contributed by atoms with Crippen LogP contribution in [0, 0.1) is 5.82 Å². The number of sulfonamides is 1. The molecule has 0 aromatic heterocycles. The molecule has 2 aromatic carbocycles. The van der Waals surface area contributed by atoms with Gasteiger partial charge >= 0.3 is 0 Å². The van der Waals surface area contributed by atoms with Crippen molar-refractivity contribution in [1.82, 2.24) is 4.72 Å². The van der Waals surface area contributed by atoms with Gasteiger partial charge in [0.15, 0.2) is 0 Å². The summed E-state index contributed by atoms with van der Waals surface area (Å²) in [5.74, 6) is -1.36. The number of amides is 1. The fourth-order valence-electron chi connectivity index (χ4n) is 2.38. The summed E-state index contributed by atoms with van der Waals surface area (Å²) in [6.45, 7) is 3.70. The highest BCUT2D eigenvalue weighted by molar-refractivity contribution is 7.89.